The Balaban J connectivity index is 1.75. The van der Waals surface area contributed by atoms with E-state index in [0.717, 1.165) is 25.3 Å². The standard InChI is InChI=1S/C20H21F2N3O4/c1-9-8-29-17-15-11(6-12(19(27)28)18(26)25(9)15)13(21)14(22)16(17)24-5-2-10(7-24)20(23)3-4-20/h6,9-10H,2-5,7-8,23H2,1H3,(H,27,28)/t9-,10+/m0/s1. The first-order chi connectivity index (χ1) is 13.7. The van der Waals surface area contributed by atoms with E-state index in [-0.39, 0.29) is 40.4 Å². The van der Waals surface area contributed by atoms with Gasteiger partial charge in [-0.15, -0.1) is 0 Å². The number of hydrogen-bond acceptors (Lipinski definition) is 5. The molecule has 0 radical (unpaired) electrons. The van der Waals surface area contributed by atoms with Gasteiger partial charge in [-0.1, -0.05) is 0 Å². The summed E-state index contributed by atoms with van der Waals surface area (Å²) in [6, 6.07) is 0.384. The van der Waals surface area contributed by atoms with Gasteiger partial charge in [-0.2, -0.15) is 0 Å². The number of aromatic nitrogens is 1. The summed E-state index contributed by atoms with van der Waals surface area (Å²) < 4.78 is 37.3. The second-order valence-electron chi connectivity index (χ2n) is 8.43. The molecule has 1 aromatic carbocycles. The van der Waals surface area contributed by atoms with Crippen molar-refractivity contribution in [3.8, 4) is 5.75 Å². The molecule has 7 nitrogen and oxygen atoms in total. The quantitative estimate of drug-likeness (QED) is 0.813. The van der Waals surface area contributed by atoms with E-state index >= 15 is 8.78 Å². The molecule has 1 aromatic heterocycles. The van der Waals surface area contributed by atoms with Crippen LogP contribution in [0.1, 0.15) is 42.6 Å². The third-order valence-corrected chi connectivity index (χ3v) is 6.59. The molecule has 2 atom stereocenters. The zero-order chi connectivity index (χ0) is 20.7. The molecule has 1 saturated heterocycles. The molecule has 2 aliphatic heterocycles. The summed E-state index contributed by atoms with van der Waals surface area (Å²) in [6.07, 6.45) is 2.63. The minimum Gasteiger partial charge on any atom is -0.487 e. The highest BCUT2D eigenvalue weighted by Gasteiger charge is 2.48. The van der Waals surface area contributed by atoms with E-state index in [4.69, 9.17) is 10.5 Å². The highest BCUT2D eigenvalue weighted by Crippen LogP contribution is 2.48. The molecule has 154 valence electrons. The number of anilines is 1. The van der Waals surface area contributed by atoms with Gasteiger partial charge >= 0.3 is 5.97 Å². The molecule has 3 N–H and O–H groups in total. The maximum Gasteiger partial charge on any atom is 0.341 e. The van der Waals surface area contributed by atoms with Crippen molar-refractivity contribution in [3.05, 3.63) is 33.6 Å². The van der Waals surface area contributed by atoms with Crippen molar-refractivity contribution in [1.29, 1.82) is 0 Å². The summed E-state index contributed by atoms with van der Waals surface area (Å²) in [5, 5.41) is 9.07. The Hall–Kier alpha value is -2.68. The number of nitrogens with two attached hydrogens (primary N) is 1. The Morgan fingerprint density at radius 1 is 1.34 bits per heavy atom. The normalized spacial score (nSPS) is 24.6. The number of rotatable bonds is 3. The van der Waals surface area contributed by atoms with Gasteiger partial charge in [0.05, 0.1) is 11.6 Å². The summed E-state index contributed by atoms with van der Waals surface area (Å²) in [4.78, 5) is 26.0. The van der Waals surface area contributed by atoms with Crippen molar-refractivity contribution in [3.63, 3.8) is 0 Å². The van der Waals surface area contributed by atoms with E-state index in [1.165, 1.54) is 4.57 Å². The summed E-state index contributed by atoms with van der Waals surface area (Å²) >= 11 is 0. The third kappa shape index (κ3) is 2.49. The Kier molecular flexibility index (Phi) is 3.74. The van der Waals surface area contributed by atoms with Crippen molar-refractivity contribution >= 4 is 22.6 Å². The number of carboxylic acids is 1. The van der Waals surface area contributed by atoms with Gasteiger partial charge in [0.1, 0.15) is 17.9 Å². The number of aromatic carboxylic acids is 1. The van der Waals surface area contributed by atoms with Crippen LogP contribution >= 0.6 is 0 Å². The van der Waals surface area contributed by atoms with Crippen molar-refractivity contribution < 1.29 is 23.4 Å². The zero-order valence-corrected chi connectivity index (χ0v) is 15.9. The number of ether oxygens (including phenoxy) is 1. The van der Waals surface area contributed by atoms with E-state index in [1.54, 1.807) is 11.8 Å². The highest BCUT2D eigenvalue weighted by atomic mass is 19.2. The van der Waals surface area contributed by atoms with E-state index in [9.17, 15) is 14.7 Å². The topological polar surface area (TPSA) is 97.8 Å². The Labute approximate surface area is 164 Å². The zero-order valence-electron chi connectivity index (χ0n) is 15.9. The van der Waals surface area contributed by atoms with Gasteiger partial charge in [-0.25, -0.2) is 13.6 Å². The van der Waals surface area contributed by atoms with Gasteiger partial charge in [-0.3, -0.25) is 9.36 Å². The average Bonchev–Trinajstić information content (AvgIpc) is 3.23. The van der Waals surface area contributed by atoms with E-state index in [0.29, 0.717) is 13.1 Å². The maximum atomic E-state index is 15.2. The molecule has 0 bridgehead atoms. The predicted octanol–water partition coefficient (Wildman–Crippen LogP) is 2.25. The second kappa shape index (κ2) is 5.91. The van der Waals surface area contributed by atoms with Crippen LogP contribution in [-0.4, -0.2) is 40.9 Å². The first kappa shape index (κ1) is 18.4. The molecule has 3 aliphatic rings. The molecule has 2 fully saturated rings. The summed E-state index contributed by atoms with van der Waals surface area (Å²) in [7, 11) is 0. The van der Waals surface area contributed by atoms with E-state index in [2.05, 4.69) is 0 Å². The SMILES string of the molecule is C[C@H]1COc2c(N3CC[C@@H](C4(N)CC4)C3)c(F)c(F)c3cc(C(=O)O)c(=O)n1c23. The molecular weight excluding hydrogens is 384 g/mol. The van der Waals surface area contributed by atoms with Gasteiger partial charge < -0.3 is 20.5 Å². The predicted molar refractivity (Wildman–Crippen MR) is 102 cm³/mol. The van der Waals surface area contributed by atoms with E-state index < -0.39 is 34.8 Å². The number of carboxylic acid groups (broad SMARTS) is 1. The fourth-order valence-electron chi connectivity index (χ4n) is 4.73. The van der Waals surface area contributed by atoms with Crippen LogP contribution in [-0.2, 0) is 0 Å². The van der Waals surface area contributed by atoms with E-state index in [1.807, 2.05) is 0 Å². The first-order valence-corrected chi connectivity index (χ1v) is 9.73. The number of hydrogen-bond donors (Lipinski definition) is 2. The highest BCUT2D eigenvalue weighted by molar-refractivity contribution is 5.97. The molecule has 29 heavy (non-hydrogen) atoms. The minimum atomic E-state index is -1.48. The largest absolute Gasteiger partial charge is 0.487 e. The van der Waals surface area contributed by atoms with Crippen LogP contribution in [0.25, 0.3) is 10.9 Å². The van der Waals surface area contributed by atoms with Gasteiger partial charge in [0.25, 0.3) is 5.56 Å². The second-order valence-corrected chi connectivity index (χ2v) is 8.43. The average molecular weight is 405 g/mol. The molecule has 1 aliphatic carbocycles. The van der Waals surface area contributed by atoms with Crippen molar-refractivity contribution in [2.45, 2.75) is 37.8 Å². The summed E-state index contributed by atoms with van der Waals surface area (Å²) in [5.41, 5.74) is 4.83. The molecule has 0 unspecified atom stereocenters. The molecule has 5 rings (SSSR count). The Morgan fingerprint density at radius 2 is 2.07 bits per heavy atom. The molecule has 2 aromatic rings. The fraction of sp³-hybridized carbons (Fsp3) is 0.500. The van der Waals surface area contributed by atoms with Gasteiger partial charge in [0.15, 0.2) is 17.4 Å². The number of benzene rings is 1. The number of nitrogens with zero attached hydrogens (tertiary/aromatic N) is 2. The Morgan fingerprint density at radius 3 is 2.72 bits per heavy atom. The monoisotopic (exact) mass is 405 g/mol. The van der Waals surface area contributed by atoms with Crippen LogP contribution in [0.15, 0.2) is 10.9 Å². The first-order valence-electron chi connectivity index (χ1n) is 9.73. The van der Waals surface area contributed by atoms with Crippen LogP contribution in [0.4, 0.5) is 14.5 Å². The summed E-state index contributed by atoms with van der Waals surface area (Å²) in [6.45, 7) is 2.73. The lowest BCUT2D eigenvalue weighted by Crippen LogP contribution is -2.36. The minimum absolute atomic E-state index is 0.00937. The smallest absolute Gasteiger partial charge is 0.341 e. The van der Waals surface area contributed by atoms with Crippen LogP contribution in [0.3, 0.4) is 0 Å². The Bertz CT molecular complexity index is 1130. The number of pyridine rings is 1. The lowest BCUT2D eigenvalue weighted by Gasteiger charge is -2.31. The lowest BCUT2D eigenvalue weighted by atomic mass is 9.97. The van der Waals surface area contributed by atoms with Gasteiger partial charge in [0, 0.05) is 24.0 Å². The van der Waals surface area contributed by atoms with Crippen LogP contribution < -0.4 is 20.9 Å². The van der Waals surface area contributed by atoms with Crippen molar-refractivity contribution in [2.75, 3.05) is 24.6 Å². The molecule has 1 saturated carbocycles. The lowest BCUT2D eigenvalue weighted by molar-refractivity contribution is 0.0694. The van der Waals surface area contributed by atoms with Crippen LogP contribution in [0.2, 0.25) is 0 Å². The molecule has 0 spiro atoms. The van der Waals surface area contributed by atoms with Crippen LogP contribution in [0, 0.1) is 17.6 Å². The van der Waals surface area contributed by atoms with Gasteiger partial charge in [-0.05, 0) is 38.2 Å². The maximum absolute atomic E-state index is 15.2. The van der Waals surface area contributed by atoms with Crippen LogP contribution in [0.5, 0.6) is 5.75 Å². The fourth-order valence-corrected chi connectivity index (χ4v) is 4.73. The molecule has 9 heteroatoms. The van der Waals surface area contributed by atoms with Crippen molar-refractivity contribution in [1.82, 2.24) is 4.57 Å². The van der Waals surface area contributed by atoms with Crippen molar-refractivity contribution in [2.24, 2.45) is 11.7 Å². The molecule has 0 amide bonds. The molecule has 3 heterocycles. The number of halogens is 2. The third-order valence-electron chi connectivity index (χ3n) is 6.59. The summed E-state index contributed by atoms with van der Waals surface area (Å²) in [5.74, 6) is -3.47. The molecular formula is C20H21F2N3O4. The number of carbonyl (C=O) groups is 1. The van der Waals surface area contributed by atoms with Gasteiger partial charge in [0.2, 0.25) is 0 Å².